The average Bonchev–Trinajstić information content (AvgIpc) is 2.85. The highest BCUT2D eigenvalue weighted by molar-refractivity contribution is 7.91. The second kappa shape index (κ2) is 7.54. The van der Waals surface area contributed by atoms with Gasteiger partial charge >= 0.3 is 0 Å². The molecule has 0 radical (unpaired) electrons. The molecule has 0 spiro atoms. The number of benzene rings is 1. The summed E-state index contributed by atoms with van der Waals surface area (Å²) in [5.74, 6) is 1.29. The van der Waals surface area contributed by atoms with E-state index in [1.807, 2.05) is 6.07 Å². The minimum absolute atomic E-state index is 0.0435. The monoisotopic (exact) mass is 342 g/mol. The number of ether oxygens (including phenoxy) is 2. The van der Waals surface area contributed by atoms with Crippen LogP contribution in [0.15, 0.2) is 18.2 Å². The van der Waals surface area contributed by atoms with Crippen LogP contribution in [0.1, 0.15) is 12.8 Å². The molecule has 7 nitrogen and oxygen atoms in total. The van der Waals surface area contributed by atoms with Crippen molar-refractivity contribution >= 4 is 21.4 Å². The van der Waals surface area contributed by atoms with E-state index in [1.54, 1.807) is 26.4 Å². The van der Waals surface area contributed by atoms with Gasteiger partial charge in [-0.3, -0.25) is 4.79 Å². The molecule has 1 aliphatic rings. The topological polar surface area (TPSA) is 93.7 Å². The van der Waals surface area contributed by atoms with Gasteiger partial charge in [0.2, 0.25) is 5.91 Å². The first-order valence-corrected chi connectivity index (χ1v) is 9.21. The van der Waals surface area contributed by atoms with Crippen molar-refractivity contribution in [1.82, 2.24) is 5.32 Å². The maximum absolute atomic E-state index is 11.8. The van der Waals surface area contributed by atoms with Gasteiger partial charge in [-0.2, -0.15) is 0 Å². The Morgan fingerprint density at radius 3 is 2.61 bits per heavy atom. The van der Waals surface area contributed by atoms with E-state index in [-0.39, 0.29) is 29.9 Å². The highest BCUT2D eigenvalue weighted by atomic mass is 32.2. The van der Waals surface area contributed by atoms with Crippen molar-refractivity contribution in [3.8, 4) is 11.5 Å². The predicted molar refractivity (Wildman–Crippen MR) is 87.9 cm³/mol. The Kier molecular flexibility index (Phi) is 5.70. The first kappa shape index (κ1) is 17.4. The van der Waals surface area contributed by atoms with Crippen LogP contribution in [0.25, 0.3) is 0 Å². The van der Waals surface area contributed by atoms with Crippen LogP contribution >= 0.6 is 0 Å². The molecule has 0 aromatic heterocycles. The first-order valence-electron chi connectivity index (χ1n) is 7.39. The minimum atomic E-state index is -2.98. The summed E-state index contributed by atoms with van der Waals surface area (Å²) >= 11 is 0. The quantitative estimate of drug-likeness (QED) is 0.762. The number of hydrogen-bond acceptors (Lipinski definition) is 6. The molecule has 0 saturated carbocycles. The molecule has 8 heteroatoms. The van der Waals surface area contributed by atoms with Gasteiger partial charge in [-0.25, -0.2) is 8.42 Å². The molecular weight excluding hydrogens is 320 g/mol. The third kappa shape index (κ3) is 5.02. The fraction of sp³-hybridized carbons (Fsp3) is 0.533. The van der Waals surface area contributed by atoms with E-state index in [1.165, 1.54) is 0 Å². The van der Waals surface area contributed by atoms with E-state index in [9.17, 15) is 13.2 Å². The van der Waals surface area contributed by atoms with E-state index in [4.69, 9.17) is 9.47 Å². The molecule has 1 saturated heterocycles. The fourth-order valence-electron chi connectivity index (χ4n) is 2.48. The van der Waals surface area contributed by atoms with Crippen molar-refractivity contribution < 1.29 is 22.7 Å². The lowest BCUT2D eigenvalue weighted by Crippen LogP contribution is -2.36. The van der Waals surface area contributed by atoms with Crippen molar-refractivity contribution in [2.75, 3.05) is 37.6 Å². The standard InChI is InChI=1S/C15H22N2O5S/c1-21-13-4-3-11(9-14(13)22-2)16-7-5-15(18)17-12-6-8-23(19,20)10-12/h3-4,9,12,16H,5-8,10H2,1-2H3,(H,17,18). The van der Waals surface area contributed by atoms with Crippen molar-refractivity contribution in [1.29, 1.82) is 0 Å². The number of carbonyl (C=O) groups is 1. The average molecular weight is 342 g/mol. The van der Waals surface area contributed by atoms with Gasteiger partial charge in [-0.15, -0.1) is 0 Å². The number of rotatable bonds is 7. The number of carbonyl (C=O) groups excluding carboxylic acids is 1. The van der Waals surface area contributed by atoms with Crippen LogP contribution in [0.5, 0.6) is 11.5 Å². The molecule has 1 unspecified atom stereocenters. The van der Waals surface area contributed by atoms with Crippen LogP contribution < -0.4 is 20.1 Å². The zero-order valence-corrected chi connectivity index (χ0v) is 14.1. The Bertz CT molecular complexity index is 660. The predicted octanol–water partition coefficient (Wildman–Crippen LogP) is 0.809. The molecule has 1 amide bonds. The minimum Gasteiger partial charge on any atom is -0.493 e. The zero-order chi connectivity index (χ0) is 16.9. The van der Waals surface area contributed by atoms with Crippen LogP contribution in [0.3, 0.4) is 0 Å². The van der Waals surface area contributed by atoms with E-state index in [0.29, 0.717) is 24.5 Å². The lowest BCUT2D eigenvalue weighted by atomic mass is 10.2. The van der Waals surface area contributed by atoms with E-state index >= 15 is 0 Å². The summed E-state index contributed by atoms with van der Waals surface area (Å²) < 4.78 is 33.1. The molecule has 1 heterocycles. The van der Waals surface area contributed by atoms with Crippen LogP contribution in [0, 0.1) is 0 Å². The molecule has 2 rings (SSSR count). The van der Waals surface area contributed by atoms with Crippen LogP contribution in [-0.4, -0.2) is 52.6 Å². The Labute approximate surface area is 136 Å². The molecular formula is C15H22N2O5S. The van der Waals surface area contributed by atoms with Crippen molar-refractivity contribution in [3.05, 3.63) is 18.2 Å². The summed E-state index contributed by atoms with van der Waals surface area (Å²) in [6.07, 6.45) is 0.766. The Morgan fingerprint density at radius 1 is 1.26 bits per heavy atom. The first-order chi connectivity index (χ1) is 10.9. The van der Waals surface area contributed by atoms with Crippen molar-refractivity contribution in [3.63, 3.8) is 0 Å². The number of hydrogen-bond donors (Lipinski definition) is 2. The normalized spacial score (nSPS) is 19.1. The van der Waals surface area contributed by atoms with Gasteiger partial charge in [-0.05, 0) is 18.6 Å². The van der Waals surface area contributed by atoms with Crippen LogP contribution in [0.2, 0.25) is 0 Å². The van der Waals surface area contributed by atoms with Gasteiger partial charge in [0.15, 0.2) is 21.3 Å². The summed E-state index contributed by atoms with van der Waals surface area (Å²) in [6.45, 7) is 0.445. The Hall–Kier alpha value is -1.96. The molecule has 1 aromatic carbocycles. The molecule has 1 fully saturated rings. The van der Waals surface area contributed by atoms with E-state index in [0.717, 1.165) is 5.69 Å². The summed E-state index contributed by atoms with van der Waals surface area (Å²) in [4.78, 5) is 11.8. The molecule has 2 N–H and O–H groups in total. The fourth-order valence-corrected chi connectivity index (χ4v) is 4.15. The van der Waals surface area contributed by atoms with E-state index < -0.39 is 9.84 Å². The molecule has 1 aromatic rings. The summed E-state index contributed by atoms with van der Waals surface area (Å²) in [5.41, 5.74) is 0.818. The summed E-state index contributed by atoms with van der Waals surface area (Å²) in [7, 11) is 0.153. The number of methoxy groups -OCH3 is 2. The Balaban J connectivity index is 1.77. The molecule has 1 atom stereocenters. The highest BCUT2D eigenvalue weighted by Gasteiger charge is 2.28. The number of sulfone groups is 1. The Morgan fingerprint density at radius 2 is 2.00 bits per heavy atom. The number of nitrogens with one attached hydrogen (secondary N) is 2. The molecule has 0 aliphatic carbocycles. The second-order valence-electron chi connectivity index (χ2n) is 5.41. The van der Waals surface area contributed by atoms with E-state index in [2.05, 4.69) is 10.6 Å². The lowest BCUT2D eigenvalue weighted by molar-refractivity contribution is -0.121. The van der Waals surface area contributed by atoms with Crippen LogP contribution in [-0.2, 0) is 14.6 Å². The summed E-state index contributed by atoms with van der Waals surface area (Å²) in [5, 5.41) is 5.89. The van der Waals surface area contributed by atoms with Gasteiger partial charge in [-0.1, -0.05) is 0 Å². The molecule has 23 heavy (non-hydrogen) atoms. The van der Waals surface area contributed by atoms with Crippen molar-refractivity contribution in [2.24, 2.45) is 0 Å². The second-order valence-corrected chi connectivity index (χ2v) is 7.64. The molecule has 0 bridgehead atoms. The van der Waals surface area contributed by atoms with Crippen LogP contribution in [0.4, 0.5) is 5.69 Å². The van der Waals surface area contributed by atoms with Crippen molar-refractivity contribution in [2.45, 2.75) is 18.9 Å². The molecule has 128 valence electrons. The van der Waals surface area contributed by atoms with Gasteiger partial charge in [0.05, 0.1) is 25.7 Å². The largest absolute Gasteiger partial charge is 0.493 e. The molecule has 1 aliphatic heterocycles. The van der Waals surface area contributed by atoms with Gasteiger partial charge in [0.1, 0.15) is 0 Å². The number of anilines is 1. The highest BCUT2D eigenvalue weighted by Crippen LogP contribution is 2.29. The van der Waals surface area contributed by atoms with Gasteiger partial charge < -0.3 is 20.1 Å². The number of amides is 1. The third-order valence-corrected chi connectivity index (χ3v) is 5.43. The lowest BCUT2D eigenvalue weighted by Gasteiger charge is -2.13. The maximum Gasteiger partial charge on any atom is 0.222 e. The van der Waals surface area contributed by atoms with Gasteiger partial charge in [0, 0.05) is 30.8 Å². The smallest absolute Gasteiger partial charge is 0.222 e. The summed E-state index contributed by atoms with van der Waals surface area (Å²) in [6, 6.07) is 5.15. The third-order valence-electron chi connectivity index (χ3n) is 3.66. The zero-order valence-electron chi connectivity index (χ0n) is 13.3. The maximum atomic E-state index is 11.8. The SMILES string of the molecule is COc1ccc(NCCC(=O)NC2CCS(=O)(=O)C2)cc1OC. The van der Waals surface area contributed by atoms with Gasteiger partial charge in [0.25, 0.3) is 0 Å².